The number of hydrogen-bond donors (Lipinski definition) is 2. The molecule has 0 saturated carbocycles. The normalized spacial score (nSPS) is 12.4. The SMILES string of the molecule is CNC(CCO)COc1cccc(COC)c1. The van der Waals surface area contributed by atoms with Crippen molar-refractivity contribution in [3.63, 3.8) is 0 Å². The summed E-state index contributed by atoms with van der Waals surface area (Å²) in [5, 5.41) is 12.0. The average Bonchev–Trinajstić information content (AvgIpc) is 2.35. The van der Waals surface area contributed by atoms with Crippen molar-refractivity contribution in [3.05, 3.63) is 29.8 Å². The second-order valence-electron chi connectivity index (χ2n) is 3.89. The van der Waals surface area contributed by atoms with Crippen LogP contribution in [0, 0.1) is 0 Å². The van der Waals surface area contributed by atoms with E-state index in [2.05, 4.69) is 5.32 Å². The molecule has 0 aliphatic heterocycles. The van der Waals surface area contributed by atoms with Crippen LogP contribution < -0.4 is 10.1 Å². The molecule has 4 nitrogen and oxygen atoms in total. The molecule has 0 bridgehead atoms. The van der Waals surface area contributed by atoms with Crippen LogP contribution in [0.25, 0.3) is 0 Å². The van der Waals surface area contributed by atoms with Crippen LogP contribution in [0.2, 0.25) is 0 Å². The first kappa shape index (κ1) is 14.0. The third kappa shape index (κ3) is 5.17. The van der Waals surface area contributed by atoms with Crippen LogP contribution >= 0.6 is 0 Å². The third-order valence-corrected chi connectivity index (χ3v) is 2.55. The maximum absolute atomic E-state index is 8.87. The molecular weight excluding hydrogens is 218 g/mol. The Morgan fingerprint density at radius 2 is 2.24 bits per heavy atom. The van der Waals surface area contributed by atoms with Gasteiger partial charge in [-0.25, -0.2) is 0 Å². The van der Waals surface area contributed by atoms with Crippen molar-refractivity contribution in [2.75, 3.05) is 27.4 Å². The van der Waals surface area contributed by atoms with E-state index in [0.29, 0.717) is 19.6 Å². The van der Waals surface area contributed by atoms with Gasteiger partial charge in [-0.05, 0) is 31.2 Å². The Morgan fingerprint density at radius 3 is 2.88 bits per heavy atom. The molecule has 4 heteroatoms. The van der Waals surface area contributed by atoms with Gasteiger partial charge in [-0.1, -0.05) is 12.1 Å². The van der Waals surface area contributed by atoms with Gasteiger partial charge in [0.1, 0.15) is 12.4 Å². The number of aliphatic hydroxyl groups is 1. The second kappa shape index (κ2) is 8.06. The van der Waals surface area contributed by atoms with Gasteiger partial charge in [0.15, 0.2) is 0 Å². The highest BCUT2D eigenvalue weighted by Gasteiger charge is 2.06. The van der Waals surface area contributed by atoms with E-state index in [9.17, 15) is 0 Å². The molecule has 1 unspecified atom stereocenters. The van der Waals surface area contributed by atoms with E-state index in [1.165, 1.54) is 0 Å². The molecule has 0 radical (unpaired) electrons. The van der Waals surface area contributed by atoms with Gasteiger partial charge in [-0.2, -0.15) is 0 Å². The second-order valence-corrected chi connectivity index (χ2v) is 3.89. The maximum atomic E-state index is 8.87. The first-order valence-corrected chi connectivity index (χ1v) is 5.79. The number of nitrogens with one attached hydrogen (secondary N) is 1. The zero-order chi connectivity index (χ0) is 12.5. The monoisotopic (exact) mass is 239 g/mol. The molecular formula is C13H21NO3. The molecule has 0 aliphatic rings. The first-order valence-electron chi connectivity index (χ1n) is 5.79. The Balaban J connectivity index is 2.47. The topological polar surface area (TPSA) is 50.7 Å². The van der Waals surface area contributed by atoms with Crippen LogP contribution in [0.4, 0.5) is 0 Å². The summed E-state index contributed by atoms with van der Waals surface area (Å²) in [5.74, 6) is 0.831. The predicted octanol–water partition coefficient (Wildman–Crippen LogP) is 1.18. The minimum Gasteiger partial charge on any atom is -0.492 e. The summed E-state index contributed by atoms with van der Waals surface area (Å²) in [5.41, 5.74) is 1.09. The fourth-order valence-corrected chi connectivity index (χ4v) is 1.56. The van der Waals surface area contributed by atoms with E-state index in [0.717, 1.165) is 11.3 Å². The number of methoxy groups -OCH3 is 1. The Kier molecular flexibility index (Phi) is 6.62. The molecule has 1 atom stereocenters. The fraction of sp³-hybridized carbons (Fsp3) is 0.538. The van der Waals surface area contributed by atoms with Crippen molar-refractivity contribution in [2.24, 2.45) is 0 Å². The van der Waals surface area contributed by atoms with Crippen molar-refractivity contribution >= 4 is 0 Å². The number of rotatable bonds is 8. The highest BCUT2D eigenvalue weighted by Crippen LogP contribution is 2.14. The molecule has 96 valence electrons. The van der Waals surface area contributed by atoms with Gasteiger partial charge < -0.3 is 19.9 Å². The van der Waals surface area contributed by atoms with E-state index in [4.69, 9.17) is 14.6 Å². The van der Waals surface area contributed by atoms with E-state index >= 15 is 0 Å². The van der Waals surface area contributed by atoms with E-state index in [-0.39, 0.29) is 12.6 Å². The van der Waals surface area contributed by atoms with Gasteiger partial charge in [-0.15, -0.1) is 0 Å². The molecule has 0 amide bonds. The quantitative estimate of drug-likeness (QED) is 0.715. The van der Waals surface area contributed by atoms with E-state index in [1.807, 2.05) is 31.3 Å². The van der Waals surface area contributed by atoms with E-state index < -0.39 is 0 Å². The Morgan fingerprint density at radius 1 is 1.41 bits per heavy atom. The summed E-state index contributed by atoms with van der Waals surface area (Å²) in [6.07, 6.45) is 0.689. The van der Waals surface area contributed by atoms with Crippen LogP contribution in [0.5, 0.6) is 5.75 Å². The van der Waals surface area contributed by atoms with Gasteiger partial charge >= 0.3 is 0 Å². The Labute approximate surface area is 103 Å². The lowest BCUT2D eigenvalue weighted by atomic mass is 10.2. The van der Waals surface area contributed by atoms with Crippen LogP contribution in [-0.2, 0) is 11.3 Å². The molecule has 2 N–H and O–H groups in total. The standard InChI is InChI=1S/C13H21NO3/c1-14-12(6-7-15)10-17-13-5-3-4-11(8-13)9-16-2/h3-5,8,12,14-15H,6-7,9-10H2,1-2H3. The molecule has 1 aromatic carbocycles. The Hall–Kier alpha value is -1.10. The minimum atomic E-state index is 0.165. The van der Waals surface area contributed by atoms with Crippen LogP contribution in [-0.4, -0.2) is 38.5 Å². The summed E-state index contributed by atoms with van der Waals surface area (Å²) in [4.78, 5) is 0. The molecule has 0 heterocycles. The molecule has 1 rings (SSSR count). The van der Waals surface area contributed by atoms with Crippen molar-refractivity contribution < 1.29 is 14.6 Å². The molecule has 0 fully saturated rings. The summed E-state index contributed by atoms with van der Waals surface area (Å²) in [7, 11) is 3.54. The minimum absolute atomic E-state index is 0.165. The van der Waals surface area contributed by atoms with Gasteiger partial charge in [0.25, 0.3) is 0 Å². The lowest BCUT2D eigenvalue weighted by Gasteiger charge is -2.16. The summed E-state index contributed by atoms with van der Waals surface area (Å²) in [6.45, 7) is 1.30. The fourth-order valence-electron chi connectivity index (χ4n) is 1.56. The lowest BCUT2D eigenvalue weighted by Crippen LogP contribution is -2.32. The smallest absolute Gasteiger partial charge is 0.119 e. The maximum Gasteiger partial charge on any atom is 0.119 e. The molecule has 17 heavy (non-hydrogen) atoms. The zero-order valence-corrected chi connectivity index (χ0v) is 10.5. The summed E-state index contributed by atoms with van der Waals surface area (Å²) in [6, 6.07) is 8.01. The number of hydrogen-bond acceptors (Lipinski definition) is 4. The average molecular weight is 239 g/mol. The summed E-state index contributed by atoms with van der Waals surface area (Å²) >= 11 is 0. The van der Waals surface area contributed by atoms with Gasteiger partial charge in [0.05, 0.1) is 6.61 Å². The van der Waals surface area contributed by atoms with Gasteiger partial charge in [-0.3, -0.25) is 0 Å². The van der Waals surface area contributed by atoms with Gasteiger partial charge in [0, 0.05) is 19.8 Å². The number of aliphatic hydroxyl groups excluding tert-OH is 1. The van der Waals surface area contributed by atoms with Crippen LogP contribution in [0.15, 0.2) is 24.3 Å². The molecule has 1 aromatic rings. The van der Waals surface area contributed by atoms with Crippen LogP contribution in [0.3, 0.4) is 0 Å². The highest BCUT2D eigenvalue weighted by molar-refractivity contribution is 5.28. The number of ether oxygens (including phenoxy) is 2. The third-order valence-electron chi connectivity index (χ3n) is 2.55. The molecule has 0 saturated heterocycles. The zero-order valence-electron chi connectivity index (χ0n) is 10.5. The first-order chi connectivity index (χ1) is 8.30. The highest BCUT2D eigenvalue weighted by atomic mass is 16.5. The summed E-state index contributed by atoms with van der Waals surface area (Å²) < 4.78 is 10.7. The number of likely N-dealkylation sites (N-methyl/N-ethyl adjacent to an activating group) is 1. The van der Waals surface area contributed by atoms with Crippen molar-refractivity contribution in [3.8, 4) is 5.75 Å². The largest absolute Gasteiger partial charge is 0.492 e. The van der Waals surface area contributed by atoms with Crippen molar-refractivity contribution in [1.82, 2.24) is 5.32 Å². The number of benzene rings is 1. The van der Waals surface area contributed by atoms with Gasteiger partial charge in [0.2, 0.25) is 0 Å². The van der Waals surface area contributed by atoms with Crippen LogP contribution in [0.1, 0.15) is 12.0 Å². The molecule has 0 aliphatic carbocycles. The van der Waals surface area contributed by atoms with Crippen molar-refractivity contribution in [1.29, 1.82) is 0 Å². The Bertz CT molecular complexity index is 317. The van der Waals surface area contributed by atoms with Crippen molar-refractivity contribution in [2.45, 2.75) is 19.1 Å². The predicted molar refractivity (Wildman–Crippen MR) is 67.2 cm³/mol. The lowest BCUT2D eigenvalue weighted by molar-refractivity contribution is 0.184. The molecule has 0 aromatic heterocycles. The van der Waals surface area contributed by atoms with E-state index in [1.54, 1.807) is 7.11 Å². The molecule has 0 spiro atoms.